The van der Waals surface area contributed by atoms with Crippen molar-refractivity contribution in [1.82, 2.24) is 0 Å². The number of esters is 1. The summed E-state index contributed by atoms with van der Waals surface area (Å²) in [7, 11) is 1.29. The normalized spacial score (nSPS) is 11.9. The van der Waals surface area contributed by atoms with E-state index >= 15 is 0 Å². The molecule has 0 bridgehead atoms. The van der Waals surface area contributed by atoms with E-state index in [0.29, 0.717) is 18.6 Å². The van der Waals surface area contributed by atoms with Gasteiger partial charge in [-0.05, 0) is 31.0 Å². The zero-order valence-corrected chi connectivity index (χ0v) is 14.1. The van der Waals surface area contributed by atoms with Crippen LogP contribution in [0.5, 0.6) is 11.5 Å². The Hall–Kier alpha value is -1.86. The molecule has 0 radical (unpaired) electrons. The molecule has 0 aromatic heterocycles. The highest BCUT2D eigenvalue weighted by Gasteiger charge is 2.18. The van der Waals surface area contributed by atoms with Crippen molar-refractivity contribution >= 4 is 17.6 Å². The molecule has 0 fully saturated rings. The Morgan fingerprint density at radius 2 is 2.12 bits per heavy atom. The lowest BCUT2D eigenvalue weighted by Gasteiger charge is -2.15. The highest BCUT2D eigenvalue weighted by Crippen LogP contribution is 2.37. The average Bonchev–Trinajstić information content (AvgIpc) is 2.54. The molecule has 5 nitrogen and oxygen atoms in total. The molecule has 1 rings (SSSR count). The van der Waals surface area contributed by atoms with Gasteiger partial charge in [-0.2, -0.15) is 8.78 Å². The molecule has 0 spiro atoms. The van der Waals surface area contributed by atoms with Crippen LogP contribution in [0, 0.1) is 0 Å². The lowest BCUT2D eigenvalue weighted by molar-refractivity contribution is -0.157. The van der Waals surface area contributed by atoms with Crippen molar-refractivity contribution in [1.29, 1.82) is 0 Å². The number of carbonyl (C=O) groups is 1. The number of ether oxygens (including phenoxy) is 4. The second-order valence-corrected chi connectivity index (χ2v) is 5.09. The summed E-state index contributed by atoms with van der Waals surface area (Å²) < 4.78 is 44.4. The van der Waals surface area contributed by atoms with Crippen molar-refractivity contribution in [2.75, 3.05) is 13.7 Å². The van der Waals surface area contributed by atoms with Crippen LogP contribution in [-0.4, -0.2) is 32.4 Å². The Morgan fingerprint density at radius 3 is 2.71 bits per heavy atom. The molecule has 1 unspecified atom stereocenters. The second kappa shape index (κ2) is 10.1. The smallest absolute Gasteiger partial charge is 0.387 e. The molecule has 1 aromatic carbocycles. The molecule has 1 atom stereocenters. The van der Waals surface area contributed by atoms with Gasteiger partial charge in [0.05, 0.1) is 18.7 Å². The van der Waals surface area contributed by atoms with Crippen molar-refractivity contribution in [3.05, 3.63) is 35.4 Å². The predicted octanol–water partition coefficient (Wildman–Crippen LogP) is 3.97. The second-order valence-electron chi connectivity index (χ2n) is 4.69. The predicted molar refractivity (Wildman–Crippen MR) is 84.7 cm³/mol. The fraction of sp³-hybridized carbons (Fsp3) is 0.438. The fourth-order valence-corrected chi connectivity index (χ4v) is 2.01. The van der Waals surface area contributed by atoms with Crippen molar-refractivity contribution in [3.63, 3.8) is 0 Å². The van der Waals surface area contributed by atoms with Gasteiger partial charge in [-0.3, -0.25) is 0 Å². The van der Waals surface area contributed by atoms with Gasteiger partial charge in [-0.25, -0.2) is 4.79 Å². The molecule has 1 aromatic rings. The van der Waals surface area contributed by atoms with E-state index in [2.05, 4.69) is 11.3 Å². The van der Waals surface area contributed by atoms with Crippen LogP contribution in [0.15, 0.2) is 24.8 Å². The summed E-state index contributed by atoms with van der Waals surface area (Å²) in [4.78, 5) is 11.8. The summed E-state index contributed by atoms with van der Waals surface area (Å²) >= 11 is 5.91. The maximum atomic E-state index is 12.4. The van der Waals surface area contributed by atoms with E-state index in [-0.39, 0.29) is 23.1 Å². The minimum atomic E-state index is -3.03. The standard InChI is InChI=1S/C16H19ClF2O5/c1-4-5-6-22-10(2)15(20)23-9-11-7-12(17)14(24-16(18)19)13(8-11)21-3/h4,7-8,10,16H,1,5-6,9H2,2-3H3. The van der Waals surface area contributed by atoms with Crippen LogP contribution in [0.1, 0.15) is 18.9 Å². The molecule has 0 aliphatic heterocycles. The van der Waals surface area contributed by atoms with Crippen molar-refractivity contribution < 1.29 is 32.5 Å². The largest absolute Gasteiger partial charge is 0.493 e. The molecular weight excluding hydrogens is 346 g/mol. The summed E-state index contributed by atoms with van der Waals surface area (Å²) in [6.45, 7) is 2.33. The first kappa shape index (κ1) is 20.2. The third kappa shape index (κ3) is 6.33. The first-order chi connectivity index (χ1) is 11.4. The van der Waals surface area contributed by atoms with Crippen LogP contribution < -0.4 is 9.47 Å². The number of rotatable bonds is 10. The number of alkyl halides is 2. The molecule has 0 amide bonds. The molecule has 134 valence electrons. The first-order valence-electron chi connectivity index (χ1n) is 7.09. The van der Waals surface area contributed by atoms with Gasteiger partial charge in [0.2, 0.25) is 0 Å². The van der Waals surface area contributed by atoms with Crippen LogP contribution in [-0.2, 0) is 20.9 Å². The molecule has 0 saturated heterocycles. The van der Waals surface area contributed by atoms with Crippen molar-refractivity contribution in [3.8, 4) is 11.5 Å². The van der Waals surface area contributed by atoms with Crippen molar-refractivity contribution in [2.24, 2.45) is 0 Å². The third-order valence-corrected chi connectivity index (χ3v) is 3.18. The van der Waals surface area contributed by atoms with E-state index in [9.17, 15) is 13.6 Å². The molecule has 0 aliphatic carbocycles. The van der Waals surface area contributed by atoms with E-state index < -0.39 is 18.7 Å². The number of carbonyl (C=O) groups excluding carboxylic acids is 1. The van der Waals surface area contributed by atoms with Gasteiger partial charge < -0.3 is 18.9 Å². The van der Waals surface area contributed by atoms with E-state index in [0.717, 1.165) is 0 Å². The van der Waals surface area contributed by atoms with E-state index in [1.54, 1.807) is 13.0 Å². The average molecular weight is 365 g/mol. The summed E-state index contributed by atoms with van der Waals surface area (Å²) in [5.41, 5.74) is 0.463. The SMILES string of the molecule is C=CCCOC(C)C(=O)OCc1cc(Cl)c(OC(F)F)c(OC)c1. The number of hydrogen-bond donors (Lipinski definition) is 0. The van der Waals surface area contributed by atoms with Gasteiger partial charge in [-0.15, -0.1) is 6.58 Å². The lowest BCUT2D eigenvalue weighted by atomic mass is 10.2. The van der Waals surface area contributed by atoms with Gasteiger partial charge in [-0.1, -0.05) is 17.7 Å². The monoisotopic (exact) mass is 364 g/mol. The molecule has 0 N–H and O–H groups in total. The summed E-state index contributed by atoms with van der Waals surface area (Å²) in [5.74, 6) is -0.809. The van der Waals surface area contributed by atoms with E-state index in [4.69, 9.17) is 25.8 Å². The van der Waals surface area contributed by atoms with Crippen LogP contribution in [0.25, 0.3) is 0 Å². The quantitative estimate of drug-likeness (QED) is 0.357. The first-order valence-corrected chi connectivity index (χ1v) is 7.47. The Kier molecular flexibility index (Phi) is 8.49. The zero-order chi connectivity index (χ0) is 18.1. The minimum absolute atomic E-state index is 0.0177. The van der Waals surface area contributed by atoms with E-state index in [1.807, 2.05) is 0 Å². The maximum absolute atomic E-state index is 12.4. The molecule has 0 heterocycles. The van der Waals surface area contributed by atoms with Gasteiger partial charge in [0.25, 0.3) is 0 Å². The Balaban J connectivity index is 2.69. The number of methoxy groups -OCH3 is 1. The topological polar surface area (TPSA) is 54.0 Å². The molecule has 0 saturated carbocycles. The summed E-state index contributed by atoms with van der Waals surface area (Å²) in [5, 5.41) is -0.0732. The van der Waals surface area contributed by atoms with Crippen molar-refractivity contribution in [2.45, 2.75) is 32.7 Å². The van der Waals surface area contributed by atoms with Crippen LogP contribution in [0.4, 0.5) is 8.78 Å². The van der Waals surface area contributed by atoms with Crippen LogP contribution in [0.2, 0.25) is 5.02 Å². The van der Waals surface area contributed by atoms with Crippen LogP contribution in [0.3, 0.4) is 0 Å². The van der Waals surface area contributed by atoms with Gasteiger partial charge in [0, 0.05) is 0 Å². The highest BCUT2D eigenvalue weighted by molar-refractivity contribution is 6.32. The Labute approximate surface area is 144 Å². The van der Waals surface area contributed by atoms with Crippen LogP contribution >= 0.6 is 11.6 Å². The maximum Gasteiger partial charge on any atom is 0.387 e. The number of hydrogen-bond acceptors (Lipinski definition) is 5. The Morgan fingerprint density at radius 1 is 1.42 bits per heavy atom. The van der Waals surface area contributed by atoms with Gasteiger partial charge >= 0.3 is 12.6 Å². The minimum Gasteiger partial charge on any atom is -0.493 e. The zero-order valence-electron chi connectivity index (χ0n) is 13.4. The van der Waals surface area contributed by atoms with Gasteiger partial charge in [0.1, 0.15) is 6.61 Å². The summed E-state index contributed by atoms with van der Waals surface area (Å²) in [6.07, 6.45) is 1.56. The van der Waals surface area contributed by atoms with Gasteiger partial charge in [0.15, 0.2) is 17.6 Å². The molecule has 8 heteroatoms. The summed E-state index contributed by atoms with van der Waals surface area (Å²) in [6, 6.07) is 2.76. The molecular formula is C16H19ClF2O5. The molecule has 0 aliphatic rings. The number of halogens is 3. The van der Waals surface area contributed by atoms with E-state index in [1.165, 1.54) is 19.2 Å². The third-order valence-electron chi connectivity index (χ3n) is 2.90. The fourth-order valence-electron chi connectivity index (χ4n) is 1.73. The highest BCUT2D eigenvalue weighted by atomic mass is 35.5. The number of benzene rings is 1. The molecule has 24 heavy (non-hydrogen) atoms. The lowest BCUT2D eigenvalue weighted by Crippen LogP contribution is -2.23. The Bertz CT molecular complexity index is 566.